The highest BCUT2D eigenvalue weighted by Gasteiger charge is 2.07. The van der Waals surface area contributed by atoms with E-state index in [1.165, 1.54) is 6.07 Å². The Morgan fingerprint density at radius 1 is 1.11 bits per heavy atom. The molecule has 98 valence electrons. The standard InChI is InChI=1S/C16H14BrFO/c1-11-3-2-4-12(7-11)8-14(19)9-13-5-6-16(18)15(17)10-13/h2-7,10H,8-9H2,1H3. The van der Waals surface area contributed by atoms with Gasteiger partial charge in [0, 0.05) is 12.8 Å². The van der Waals surface area contributed by atoms with Crippen LogP contribution >= 0.6 is 15.9 Å². The lowest BCUT2D eigenvalue weighted by Gasteiger charge is -2.04. The molecule has 0 bridgehead atoms. The molecule has 0 heterocycles. The van der Waals surface area contributed by atoms with E-state index in [0.29, 0.717) is 17.3 Å². The van der Waals surface area contributed by atoms with Crippen LogP contribution in [0.15, 0.2) is 46.9 Å². The number of hydrogen-bond donors (Lipinski definition) is 0. The molecule has 2 rings (SSSR count). The lowest BCUT2D eigenvalue weighted by molar-refractivity contribution is -0.117. The maximum Gasteiger partial charge on any atom is 0.141 e. The van der Waals surface area contributed by atoms with Crippen molar-refractivity contribution in [3.05, 3.63) is 69.4 Å². The fourth-order valence-electron chi connectivity index (χ4n) is 1.99. The van der Waals surface area contributed by atoms with E-state index in [1.54, 1.807) is 12.1 Å². The monoisotopic (exact) mass is 320 g/mol. The number of hydrogen-bond acceptors (Lipinski definition) is 1. The predicted octanol–water partition coefficient (Wildman–Crippen LogP) is 4.25. The lowest BCUT2D eigenvalue weighted by Crippen LogP contribution is -2.06. The Morgan fingerprint density at radius 3 is 2.42 bits per heavy atom. The Bertz CT molecular complexity index is 607. The van der Waals surface area contributed by atoms with Gasteiger partial charge in [0.25, 0.3) is 0 Å². The van der Waals surface area contributed by atoms with E-state index in [-0.39, 0.29) is 11.6 Å². The molecule has 0 amide bonds. The molecule has 0 atom stereocenters. The Labute approximate surface area is 120 Å². The molecule has 19 heavy (non-hydrogen) atoms. The molecular weight excluding hydrogens is 307 g/mol. The Hall–Kier alpha value is -1.48. The number of benzene rings is 2. The lowest BCUT2D eigenvalue weighted by atomic mass is 10.0. The molecule has 0 aliphatic carbocycles. The highest BCUT2D eigenvalue weighted by atomic mass is 79.9. The van der Waals surface area contributed by atoms with Crippen molar-refractivity contribution >= 4 is 21.7 Å². The minimum Gasteiger partial charge on any atom is -0.299 e. The Kier molecular flexibility index (Phi) is 4.48. The second kappa shape index (κ2) is 6.11. The van der Waals surface area contributed by atoms with Gasteiger partial charge in [0.05, 0.1) is 4.47 Å². The third kappa shape index (κ3) is 4.00. The van der Waals surface area contributed by atoms with Gasteiger partial charge in [-0.3, -0.25) is 4.79 Å². The van der Waals surface area contributed by atoms with Gasteiger partial charge < -0.3 is 0 Å². The molecule has 0 unspecified atom stereocenters. The number of aryl methyl sites for hydroxylation is 1. The molecule has 2 aromatic carbocycles. The predicted molar refractivity (Wildman–Crippen MR) is 77.7 cm³/mol. The molecule has 1 nitrogen and oxygen atoms in total. The molecule has 0 radical (unpaired) electrons. The summed E-state index contributed by atoms with van der Waals surface area (Å²) in [5.41, 5.74) is 2.99. The van der Waals surface area contributed by atoms with E-state index in [9.17, 15) is 9.18 Å². The van der Waals surface area contributed by atoms with Crippen LogP contribution in [-0.2, 0) is 17.6 Å². The van der Waals surface area contributed by atoms with Gasteiger partial charge in [0.2, 0.25) is 0 Å². The first-order chi connectivity index (χ1) is 9.04. The largest absolute Gasteiger partial charge is 0.299 e. The van der Waals surface area contributed by atoms with Gasteiger partial charge in [0.15, 0.2) is 0 Å². The summed E-state index contributed by atoms with van der Waals surface area (Å²) in [6, 6.07) is 12.6. The molecule has 0 aromatic heterocycles. The van der Waals surface area contributed by atoms with Crippen molar-refractivity contribution in [3.8, 4) is 0 Å². The summed E-state index contributed by atoms with van der Waals surface area (Å²) in [4.78, 5) is 12.0. The molecule has 0 N–H and O–H groups in total. The number of ketones is 1. The summed E-state index contributed by atoms with van der Waals surface area (Å²) < 4.78 is 13.5. The second-order valence-electron chi connectivity index (χ2n) is 4.63. The maximum atomic E-state index is 13.1. The summed E-state index contributed by atoms with van der Waals surface area (Å²) in [5, 5.41) is 0. The van der Waals surface area contributed by atoms with Gasteiger partial charge in [-0.05, 0) is 46.1 Å². The highest BCUT2D eigenvalue weighted by molar-refractivity contribution is 9.10. The van der Waals surface area contributed by atoms with Crippen LogP contribution in [-0.4, -0.2) is 5.78 Å². The van der Waals surface area contributed by atoms with Gasteiger partial charge in [-0.15, -0.1) is 0 Å². The van der Waals surface area contributed by atoms with E-state index in [4.69, 9.17) is 0 Å². The van der Waals surface area contributed by atoms with Crippen molar-refractivity contribution < 1.29 is 9.18 Å². The summed E-state index contributed by atoms with van der Waals surface area (Å²) in [7, 11) is 0. The van der Waals surface area contributed by atoms with Crippen LogP contribution in [0.3, 0.4) is 0 Å². The number of rotatable bonds is 4. The molecule has 0 aliphatic heterocycles. The minimum absolute atomic E-state index is 0.129. The molecule has 2 aromatic rings. The van der Waals surface area contributed by atoms with Gasteiger partial charge in [0.1, 0.15) is 11.6 Å². The first kappa shape index (κ1) is 13.9. The summed E-state index contributed by atoms with van der Waals surface area (Å²) in [6.45, 7) is 2.01. The van der Waals surface area contributed by atoms with Crippen molar-refractivity contribution in [2.24, 2.45) is 0 Å². The van der Waals surface area contributed by atoms with E-state index < -0.39 is 0 Å². The normalized spacial score (nSPS) is 10.5. The zero-order valence-electron chi connectivity index (χ0n) is 10.6. The molecule has 0 aliphatic rings. The van der Waals surface area contributed by atoms with Crippen molar-refractivity contribution in [1.29, 1.82) is 0 Å². The van der Waals surface area contributed by atoms with Crippen molar-refractivity contribution in [1.82, 2.24) is 0 Å². The molecule has 0 spiro atoms. The van der Waals surface area contributed by atoms with E-state index in [0.717, 1.165) is 16.7 Å². The Morgan fingerprint density at radius 2 is 1.79 bits per heavy atom. The fourth-order valence-corrected chi connectivity index (χ4v) is 2.42. The van der Waals surface area contributed by atoms with Crippen molar-refractivity contribution in [2.45, 2.75) is 19.8 Å². The van der Waals surface area contributed by atoms with Gasteiger partial charge in [-0.25, -0.2) is 4.39 Å². The van der Waals surface area contributed by atoms with Crippen molar-refractivity contribution in [2.75, 3.05) is 0 Å². The molecule has 3 heteroatoms. The molecule has 0 saturated heterocycles. The fraction of sp³-hybridized carbons (Fsp3) is 0.188. The first-order valence-electron chi connectivity index (χ1n) is 6.06. The van der Waals surface area contributed by atoms with Crippen molar-refractivity contribution in [3.63, 3.8) is 0 Å². The van der Waals surface area contributed by atoms with Crippen LogP contribution in [0, 0.1) is 12.7 Å². The van der Waals surface area contributed by atoms with E-state index in [2.05, 4.69) is 15.9 Å². The minimum atomic E-state index is -0.310. The second-order valence-corrected chi connectivity index (χ2v) is 5.48. The zero-order valence-corrected chi connectivity index (χ0v) is 12.2. The quantitative estimate of drug-likeness (QED) is 0.823. The van der Waals surface area contributed by atoms with Crippen LogP contribution in [0.25, 0.3) is 0 Å². The first-order valence-corrected chi connectivity index (χ1v) is 6.85. The highest BCUT2D eigenvalue weighted by Crippen LogP contribution is 2.17. The third-order valence-corrected chi connectivity index (χ3v) is 3.48. The van der Waals surface area contributed by atoms with Gasteiger partial charge in [-0.1, -0.05) is 35.9 Å². The maximum absolute atomic E-state index is 13.1. The summed E-state index contributed by atoms with van der Waals surface area (Å²) in [5.74, 6) is -0.181. The molecular formula is C16H14BrFO. The Balaban J connectivity index is 2.03. The molecule has 0 fully saturated rings. The average Bonchev–Trinajstić information content (AvgIpc) is 2.34. The SMILES string of the molecule is Cc1cccc(CC(=O)Cc2ccc(F)c(Br)c2)c1. The summed E-state index contributed by atoms with van der Waals surface area (Å²) >= 11 is 3.13. The van der Waals surface area contributed by atoms with Crippen LogP contribution in [0.5, 0.6) is 0 Å². The van der Waals surface area contributed by atoms with Crippen LogP contribution in [0.2, 0.25) is 0 Å². The number of carbonyl (C=O) groups excluding carboxylic acids is 1. The summed E-state index contributed by atoms with van der Waals surface area (Å²) in [6.07, 6.45) is 0.740. The number of Topliss-reactive ketones (excluding diaryl/α,β-unsaturated/α-hetero) is 1. The molecule has 0 saturated carbocycles. The van der Waals surface area contributed by atoms with Crippen LogP contribution in [0.4, 0.5) is 4.39 Å². The number of carbonyl (C=O) groups is 1. The van der Waals surface area contributed by atoms with Crippen LogP contribution < -0.4 is 0 Å². The van der Waals surface area contributed by atoms with Crippen LogP contribution in [0.1, 0.15) is 16.7 Å². The van der Waals surface area contributed by atoms with Gasteiger partial charge >= 0.3 is 0 Å². The van der Waals surface area contributed by atoms with Gasteiger partial charge in [-0.2, -0.15) is 0 Å². The zero-order chi connectivity index (χ0) is 13.8. The average molecular weight is 321 g/mol. The number of halogens is 2. The smallest absolute Gasteiger partial charge is 0.141 e. The third-order valence-electron chi connectivity index (χ3n) is 2.87. The van der Waals surface area contributed by atoms with E-state index >= 15 is 0 Å². The van der Waals surface area contributed by atoms with E-state index in [1.807, 2.05) is 31.2 Å². The topological polar surface area (TPSA) is 17.1 Å².